The summed E-state index contributed by atoms with van der Waals surface area (Å²) in [7, 11) is 0. The second-order valence-electron chi connectivity index (χ2n) is 12.1. The van der Waals surface area contributed by atoms with Crippen molar-refractivity contribution in [3.63, 3.8) is 0 Å². The van der Waals surface area contributed by atoms with Crippen LogP contribution in [0, 0.1) is 0 Å². The molecule has 1 saturated heterocycles. The molecule has 4 heterocycles. The molecule has 3 aromatic heterocycles. The summed E-state index contributed by atoms with van der Waals surface area (Å²) >= 11 is 0. The number of pyridine rings is 1. The largest absolute Gasteiger partial charge is 0.488 e. The number of benzene rings is 1. The van der Waals surface area contributed by atoms with E-state index < -0.39 is 41.5 Å². The number of carbonyl (C=O) groups excluding carboxylic acids is 2. The third-order valence-corrected chi connectivity index (χ3v) is 8.71. The molecule has 0 bridgehead atoms. The Balaban J connectivity index is 1.42. The number of anilines is 1. The number of likely N-dealkylation sites (tertiary alicyclic amines) is 1. The van der Waals surface area contributed by atoms with E-state index >= 15 is 0 Å². The number of aromatic nitrogens is 4. The highest BCUT2D eigenvalue weighted by Gasteiger charge is 2.74. The molecule has 1 aromatic carbocycles. The first-order valence-electron chi connectivity index (χ1n) is 16.0. The van der Waals surface area contributed by atoms with Crippen molar-refractivity contribution in [1.82, 2.24) is 24.8 Å². The third kappa shape index (κ3) is 6.23. The van der Waals surface area contributed by atoms with Crippen molar-refractivity contribution in [1.29, 1.82) is 0 Å². The van der Waals surface area contributed by atoms with E-state index in [-0.39, 0.29) is 71.0 Å². The molecular weight excluding hydrogens is 643 g/mol. The second-order valence-corrected chi connectivity index (χ2v) is 12.1. The minimum atomic E-state index is -4.70. The Kier molecular flexibility index (Phi) is 9.15. The number of nitrogens with two attached hydrogens (primary N) is 1. The molecule has 6 rings (SSSR count). The van der Waals surface area contributed by atoms with Gasteiger partial charge in [0.25, 0.3) is 5.91 Å². The molecule has 1 aliphatic heterocycles. The number of hydrogen-bond acceptors (Lipinski definition) is 11. The predicted molar refractivity (Wildman–Crippen MR) is 173 cm³/mol. The van der Waals surface area contributed by atoms with Crippen LogP contribution in [0.1, 0.15) is 68.0 Å². The summed E-state index contributed by atoms with van der Waals surface area (Å²) in [4.78, 5) is 46.0. The Bertz CT molecular complexity index is 1890. The lowest BCUT2D eigenvalue weighted by Crippen LogP contribution is -2.42. The first kappa shape index (κ1) is 34.0. The zero-order valence-electron chi connectivity index (χ0n) is 27.2. The number of fused-ring (bicyclic) bond motifs is 1. The van der Waals surface area contributed by atoms with Gasteiger partial charge in [-0.15, -0.1) is 6.58 Å². The summed E-state index contributed by atoms with van der Waals surface area (Å²) in [6, 6.07) is 5.50. The molecule has 1 spiro atoms. The number of oxazole rings is 1. The number of amides is 1. The standard InChI is InChI=1S/C34H36F3N7O5/c1-5-9-18(4)48-23-12-10-21(20-11-13-24(34(35,36)37)42-25(20)23)30-43-26(27(49-30)22(38)6-2)31(46)44-17-19(41-32-39-14-8-15-40-32)16-33(44)28(45)29(33)47-7-3/h6,8,10-15,18-19,22,29H,2,5,7,9,16-17,38H2,1,3-4H3,(H,39,40,41)/t18?,19?,22?,29-,33?/m0/s1. The zero-order valence-corrected chi connectivity index (χ0v) is 27.2. The quantitative estimate of drug-likeness (QED) is 0.182. The number of ether oxygens (including phenoxy) is 2. The maximum absolute atomic E-state index is 14.4. The SMILES string of the molecule is C=CC(N)c1oc(-c2ccc(OC(C)CCC)c3nc(C(F)(F)F)ccc23)nc1C(=O)N1CC(Nc2ncccn2)CC12C(=O)[C@@H]2OCC. The number of hydrogen-bond donors (Lipinski definition) is 2. The van der Waals surface area contributed by atoms with Crippen LogP contribution < -0.4 is 15.8 Å². The van der Waals surface area contributed by atoms with E-state index in [4.69, 9.17) is 19.6 Å². The van der Waals surface area contributed by atoms with Gasteiger partial charge in [-0.05, 0) is 50.6 Å². The molecule has 0 radical (unpaired) electrons. The number of carbonyl (C=O) groups is 2. The van der Waals surface area contributed by atoms with Crippen LogP contribution in [0.2, 0.25) is 0 Å². The number of alkyl halides is 3. The highest BCUT2D eigenvalue weighted by molar-refractivity contribution is 6.15. The summed E-state index contributed by atoms with van der Waals surface area (Å²) in [6.07, 6.45) is 0.405. The van der Waals surface area contributed by atoms with Crippen LogP contribution in [0.4, 0.5) is 19.1 Å². The lowest BCUT2D eigenvalue weighted by atomic mass is 10.1. The van der Waals surface area contributed by atoms with Crippen LogP contribution in [0.25, 0.3) is 22.4 Å². The highest BCUT2D eigenvalue weighted by atomic mass is 19.4. The van der Waals surface area contributed by atoms with E-state index in [2.05, 4.69) is 31.8 Å². The average molecular weight is 680 g/mol. The number of nitrogens with zero attached hydrogens (tertiary/aromatic N) is 5. The molecule has 258 valence electrons. The van der Waals surface area contributed by atoms with Gasteiger partial charge in [0.05, 0.1) is 12.1 Å². The molecule has 3 N–H and O–H groups in total. The molecule has 49 heavy (non-hydrogen) atoms. The summed E-state index contributed by atoms with van der Waals surface area (Å²) in [5.41, 5.74) is 4.02. The topological polar surface area (TPSA) is 159 Å². The summed E-state index contributed by atoms with van der Waals surface area (Å²) < 4.78 is 59.1. The minimum absolute atomic E-state index is 0.0288. The maximum atomic E-state index is 14.4. The van der Waals surface area contributed by atoms with Crippen LogP contribution in [0.3, 0.4) is 0 Å². The maximum Gasteiger partial charge on any atom is 0.433 e. The molecule has 1 saturated carbocycles. The summed E-state index contributed by atoms with van der Waals surface area (Å²) in [5.74, 6) is -0.498. The molecular formula is C34H36F3N7O5. The van der Waals surface area contributed by atoms with Gasteiger partial charge in [-0.3, -0.25) is 9.59 Å². The predicted octanol–water partition coefficient (Wildman–Crippen LogP) is 5.51. The van der Waals surface area contributed by atoms with E-state index in [1.807, 2.05) is 13.8 Å². The molecule has 12 nitrogen and oxygen atoms in total. The average Bonchev–Trinajstić information content (AvgIpc) is 3.40. The fourth-order valence-corrected chi connectivity index (χ4v) is 6.39. The Hall–Kier alpha value is -4.89. The van der Waals surface area contributed by atoms with Crippen molar-refractivity contribution in [2.75, 3.05) is 18.5 Å². The summed E-state index contributed by atoms with van der Waals surface area (Å²) in [5, 5.41) is 3.45. The monoisotopic (exact) mass is 679 g/mol. The number of rotatable bonds is 12. The first-order valence-corrected chi connectivity index (χ1v) is 16.0. The molecule has 2 aliphatic rings. The van der Waals surface area contributed by atoms with Gasteiger partial charge >= 0.3 is 6.18 Å². The van der Waals surface area contributed by atoms with Gasteiger partial charge in [0.2, 0.25) is 11.8 Å². The fourth-order valence-electron chi connectivity index (χ4n) is 6.39. The number of ketones is 1. The van der Waals surface area contributed by atoms with Gasteiger partial charge in [0, 0.05) is 49.0 Å². The normalized spacial score (nSPS) is 21.6. The Morgan fingerprint density at radius 2 is 1.98 bits per heavy atom. The Labute approximate surface area is 279 Å². The van der Waals surface area contributed by atoms with Crippen molar-refractivity contribution < 1.29 is 36.7 Å². The van der Waals surface area contributed by atoms with Crippen molar-refractivity contribution in [2.24, 2.45) is 5.73 Å². The van der Waals surface area contributed by atoms with Gasteiger partial charge < -0.3 is 29.8 Å². The Morgan fingerprint density at radius 1 is 1.22 bits per heavy atom. The lowest BCUT2D eigenvalue weighted by Gasteiger charge is -2.23. The zero-order chi connectivity index (χ0) is 35.1. The van der Waals surface area contributed by atoms with Gasteiger partial charge in [-0.25, -0.2) is 19.9 Å². The van der Waals surface area contributed by atoms with Crippen molar-refractivity contribution >= 4 is 28.5 Å². The molecule has 1 amide bonds. The fraction of sp³-hybridized carbons (Fsp3) is 0.412. The first-order chi connectivity index (χ1) is 23.4. The molecule has 2 fully saturated rings. The second kappa shape index (κ2) is 13.2. The van der Waals surface area contributed by atoms with E-state index in [9.17, 15) is 22.8 Å². The van der Waals surface area contributed by atoms with Crippen LogP contribution in [0.15, 0.2) is 59.8 Å². The van der Waals surface area contributed by atoms with Crippen molar-refractivity contribution in [3.05, 3.63) is 72.5 Å². The molecule has 15 heteroatoms. The molecule has 4 unspecified atom stereocenters. The van der Waals surface area contributed by atoms with Crippen LogP contribution in [0.5, 0.6) is 5.75 Å². The van der Waals surface area contributed by atoms with Crippen LogP contribution in [-0.4, -0.2) is 73.5 Å². The highest BCUT2D eigenvalue weighted by Crippen LogP contribution is 2.50. The Morgan fingerprint density at radius 3 is 2.65 bits per heavy atom. The van der Waals surface area contributed by atoms with Gasteiger partial charge in [0.15, 0.2) is 17.2 Å². The molecule has 5 atom stereocenters. The van der Waals surface area contributed by atoms with Crippen molar-refractivity contribution in [3.8, 4) is 17.2 Å². The molecule has 1 aliphatic carbocycles. The number of Topliss-reactive ketones (excluding diaryl/α,β-unsaturated/α-hetero) is 1. The van der Waals surface area contributed by atoms with Gasteiger partial charge in [-0.2, -0.15) is 13.2 Å². The smallest absolute Gasteiger partial charge is 0.433 e. The summed E-state index contributed by atoms with van der Waals surface area (Å²) in [6.45, 7) is 9.64. The minimum Gasteiger partial charge on any atom is -0.488 e. The van der Waals surface area contributed by atoms with E-state index in [1.54, 1.807) is 31.5 Å². The van der Waals surface area contributed by atoms with E-state index in [0.717, 1.165) is 12.5 Å². The number of nitrogens with one attached hydrogen (secondary N) is 1. The van der Waals surface area contributed by atoms with Gasteiger partial charge in [0.1, 0.15) is 28.6 Å². The van der Waals surface area contributed by atoms with Crippen LogP contribution >= 0.6 is 0 Å². The van der Waals surface area contributed by atoms with Crippen LogP contribution in [-0.2, 0) is 15.7 Å². The molecule has 4 aromatic rings. The number of halogens is 3. The van der Waals surface area contributed by atoms with Gasteiger partial charge in [-0.1, -0.05) is 19.4 Å². The third-order valence-electron chi connectivity index (χ3n) is 8.71. The van der Waals surface area contributed by atoms with Crippen molar-refractivity contribution in [2.45, 2.75) is 76.0 Å². The van der Waals surface area contributed by atoms with E-state index in [0.29, 0.717) is 12.4 Å². The van der Waals surface area contributed by atoms with E-state index in [1.165, 1.54) is 23.1 Å². The lowest BCUT2D eigenvalue weighted by molar-refractivity contribution is -0.141.